The fourth-order valence-electron chi connectivity index (χ4n) is 1.32. The second-order valence-corrected chi connectivity index (χ2v) is 3.91. The number of nitrogens with one attached hydrogen (secondary N) is 1. The molecule has 0 fully saturated rings. The van der Waals surface area contributed by atoms with Gasteiger partial charge in [0.25, 0.3) is 0 Å². The second-order valence-electron chi connectivity index (χ2n) is 3.91. The molecule has 2 N–H and O–H groups in total. The van der Waals surface area contributed by atoms with E-state index < -0.39 is 5.72 Å². The van der Waals surface area contributed by atoms with Gasteiger partial charge in [0.1, 0.15) is 5.72 Å². The first-order valence-electron chi connectivity index (χ1n) is 4.86. The number of aliphatic hydroxyl groups is 1. The highest BCUT2D eigenvalue weighted by atomic mass is 16.3. The van der Waals surface area contributed by atoms with Crippen LogP contribution < -0.4 is 5.32 Å². The minimum atomic E-state index is -0.861. The number of rotatable bonds is 7. The first-order valence-corrected chi connectivity index (χ1v) is 4.86. The molecule has 0 saturated carbocycles. The zero-order valence-corrected chi connectivity index (χ0v) is 9.45. The molecule has 0 radical (unpaired) electrons. The molecule has 1 unspecified atom stereocenters. The van der Waals surface area contributed by atoms with Crippen molar-refractivity contribution in [2.75, 3.05) is 13.1 Å². The van der Waals surface area contributed by atoms with E-state index in [2.05, 4.69) is 23.4 Å². The quantitative estimate of drug-likeness (QED) is 0.478. The van der Waals surface area contributed by atoms with E-state index in [1.807, 2.05) is 19.1 Å². The van der Waals surface area contributed by atoms with E-state index in [4.69, 9.17) is 0 Å². The van der Waals surface area contributed by atoms with E-state index in [0.717, 1.165) is 13.1 Å². The van der Waals surface area contributed by atoms with Gasteiger partial charge in [-0.1, -0.05) is 12.2 Å². The van der Waals surface area contributed by atoms with Gasteiger partial charge in [-0.3, -0.25) is 10.2 Å². The zero-order chi connectivity index (χ0) is 11.2. The van der Waals surface area contributed by atoms with Gasteiger partial charge in [0, 0.05) is 13.1 Å². The van der Waals surface area contributed by atoms with E-state index in [1.165, 1.54) is 0 Å². The predicted octanol–water partition coefficient (Wildman–Crippen LogP) is 1.32. The maximum Gasteiger partial charge on any atom is 0.111 e. The summed E-state index contributed by atoms with van der Waals surface area (Å²) in [6, 6.07) is 0. The molecule has 0 rings (SSSR count). The van der Waals surface area contributed by atoms with Crippen LogP contribution in [0.5, 0.6) is 0 Å². The van der Waals surface area contributed by atoms with Crippen LogP contribution in [0.2, 0.25) is 0 Å². The maximum absolute atomic E-state index is 9.58. The summed E-state index contributed by atoms with van der Waals surface area (Å²) in [4.78, 5) is 2.12. The molecule has 0 aliphatic carbocycles. The molecule has 0 aliphatic heterocycles. The third-order valence-electron chi connectivity index (χ3n) is 1.84. The van der Waals surface area contributed by atoms with Gasteiger partial charge in [0.2, 0.25) is 0 Å². The van der Waals surface area contributed by atoms with Crippen LogP contribution in [0.3, 0.4) is 0 Å². The summed E-state index contributed by atoms with van der Waals surface area (Å²) in [7, 11) is 0. The maximum atomic E-state index is 9.58. The number of hydrogen-bond acceptors (Lipinski definition) is 3. The van der Waals surface area contributed by atoms with Crippen molar-refractivity contribution in [3.05, 3.63) is 25.3 Å². The van der Waals surface area contributed by atoms with Crippen LogP contribution in [-0.4, -0.2) is 35.0 Å². The van der Waals surface area contributed by atoms with Crippen LogP contribution in [0.15, 0.2) is 25.3 Å². The highest BCUT2D eigenvalue weighted by Crippen LogP contribution is 2.02. The average Bonchev–Trinajstić information content (AvgIpc) is 2.01. The van der Waals surface area contributed by atoms with Gasteiger partial charge < -0.3 is 5.11 Å². The van der Waals surface area contributed by atoms with Gasteiger partial charge in [-0.25, -0.2) is 0 Å². The van der Waals surface area contributed by atoms with Gasteiger partial charge >= 0.3 is 0 Å². The van der Waals surface area contributed by atoms with Crippen molar-refractivity contribution in [3.8, 4) is 0 Å². The molecule has 82 valence electrons. The SMILES string of the molecule is C=CCN(CC=C)C(C)NC(C)(C)O. The Bertz CT molecular complexity index is 174. The molecular formula is C11H22N2O. The predicted molar refractivity (Wildman–Crippen MR) is 60.9 cm³/mol. The Kier molecular flexibility index (Phi) is 5.69. The minimum Gasteiger partial charge on any atom is -0.376 e. The summed E-state index contributed by atoms with van der Waals surface area (Å²) < 4.78 is 0. The van der Waals surface area contributed by atoms with E-state index in [-0.39, 0.29) is 6.17 Å². The first kappa shape index (κ1) is 13.4. The lowest BCUT2D eigenvalue weighted by molar-refractivity contribution is 0.00691. The highest BCUT2D eigenvalue weighted by molar-refractivity contribution is 4.83. The van der Waals surface area contributed by atoms with Crippen molar-refractivity contribution >= 4 is 0 Å². The van der Waals surface area contributed by atoms with Gasteiger partial charge in [-0.2, -0.15) is 0 Å². The normalized spacial score (nSPS) is 14.1. The Morgan fingerprint density at radius 2 is 1.79 bits per heavy atom. The van der Waals surface area contributed by atoms with Gasteiger partial charge in [-0.05, 0) is 20.8 Å². The van der Waals surface area contributed by atoms with Gasteiger partial charge in [0.05, 0.1) is 6.17 Å². The molecule has 0 aromatic rings. The van der Waals surface area contributed by atoms with Crippen LogP contribution >= 0.6 is 0 Å². The molecule has 0 amide bonds. The summed E-state index contributed by atoms with van der Waals surface area (Å²) in [5.41, 5.74) is -0.861. The lowest BCUT2D eigenvalue weighted by Gasteiger charge is -2.32. The van der Waals surface area contributed by atoms with E-state index in [9.17, 15) is 5.11 Å². The summed E-state index contributed by atoms with van der Waals surface area (Å²) in [5, 5.41) is 12.7. The van der Waals surface area contributed by atoms with E-state index in [0.29, 0.717) is 0 Å². The third kappa shape index (κ3) is 5.91. The molecular weight excluding hydrogens is 176 g/mol. The van der Waals surface area contributed by atoms with Crippen LogP contribution in [-0.2, 0) is 0 Å². The second kappa shape index (κ2) is 5.96. The Morgan fingerprint density at radius 3 is 2.07 bits per heavy atom. The monoisotopic (exact) mass is 198 g/mol. The Balaban J connectivity index is 4.19. The largest absolute Gasteiger partial charge is 0.376 e. The molecule has 0 aromatic heterocycles. The van der Waals surface area contributed by atoms with Crippen LogP contribution in [0.1, 0.15) is 20.8 Å². The Labute approximate surface area is 87.1 Å². The molecule has 0 bridgehead atoms. The van der Waals surface area contributed by atoms with Gasteiger partial charge in [-0.15, -0.1) is 13.2 Å². The molecule has 0 saturated heterocycles. The van der Waals surface area contributed by atoms with E-state index in [1.54, 1.807) is 13.8 Å². The summed E-state index contributed by atoms with van der Waals surface area (Å²) in [6.45, 7) is 14.4. The zero-order valence-electron chi connectivity index (χ0n) is 9.45. The van der Waals surface area contributed by atoms with Crippen molar-refractivity contribution < 1.29 is 5.11 Å². The molecule has 14 heavy (non-hydrogen) atoms. The molecule has 0 aliphatic rings. The summed E-state index contributed by atoms with van der Waals surface area (Å²) in [5.74, 6) is 0. The summed E-state index contributed by atoms with van der Waals surface area (Å²) in [6.07, 6.45) is 3.77. The van der Waals surface area contributed by atoms with Crippen LogP contribution in [0.4, 0.5) is 0 Å². The Morgan fingerprint density at radius 1 is 1.36 bits per heavy atom. The van der Waals surface area contributed by atoms with Crippen molar-refractivity contribution in [3.63, 3.8) is 0 Å². The fourth-order valence-corrected chi connectivity index (χ4v) is 1.32. The van der Waals surface area contributed by atoms with Crippen molar-refractivity contribution in [1.29, 1.82) is 0 Å². The first-order chi connectivity index (χ1) is 6.40. The Hall–Kier alpha value is -0.640. The average molecular weight is 198 g/mol. The number of nitrogens with zero attached hydrogens (tertiary/aromatic N) is 1. The standard InChI is InChI=1S/C11H22N2O/c1-6-8-13(9-7-2)10(3)12-11(4,5)14/h6-7,10,12,14H,1-2,8-9H2,3-5H3. The molecule has 3 nitrogen and oxygen atoms in total. The third-order valence-corrected chi connectivity index (χ3v) is 1.84. The van der Waals surface area contributed by atoms with E-state index >= 15 is 0 Å². The highest BCUT2D eigenvalue weighted by Gasteiger charge is 2.18. The minimum absolute atomic E-state index is 0.0889. The molecule has 0 spiro atoms. The summed E-state index contributed by atoms with van der Waals surface area (Å²) >= 11 is 0. The molecule has 0 heterocycles. The topological polar surface area (TPSA) is 35.5 Å². The lowest BCUT2D eigenvalue weighted by Crippen LogP contribution is -2.52. The van der Waals surface area contributed by atoms with Crippen molar-refractivity contribution in [2.24, 2.45) is 0 Å². The van der Waals surface area contributed by atoms with Crippen molar-refractivity contribution in [2.45, 2.75) is 32.7 Å². The van der Waals surface area contributed by atoms with Crippen LogP contribution in [0, 0.1) is 0 Å². The smallest absolute Gasteiger partial charge is 0.111 e. The lowest BCUT2D eigenvalue weighted by atomic mass is 10.3. The number of hydrogen-bond donors (Lipinski definition) is 2. The van der Waals surface area contributed by atoms with Crippen LogP contribution in [0.25, 0.3) is 0 Å². The van der Waals surface area contributed by atoms with Gasteiger partial charge in [0.15, 0.2) is 0 Å². The molecule has 3 heteroatoms. The van der Waals surface area contributed by atoms with Crippen molar-refractivity contribution in [1.82, 2.24) is 10.2 Å². The molecule has 1 atom stereocenters. The fraction of sp³-hybridized carbons (Fsp3) is 0.636. The molecule has 0 aromatic carbocycles.